The fourth-order valence-electron chi connectivity index (χ4n) is 1.32. The summed E-state index contributed by atoms with van der Waals surface area (Å²) in [6, 6.07) is 5.28. The lowest BCUT2D eigenvalue weighted by Gasteiger charge is -2.24. The third kappa shape index (κ3) is 1.99. The highest BCUT2D eigenvalue weighted by atomic mass is 16.5. The summed E-state index contributed by atoms with van der Waals surface area (Å²) in [5.74, 6) is 0.888. The molecule has 78 valence electrons. The van der Waals surface area contributed by atoms with Gasteiger partial charge < -0.3 is 15.6 Å². The zero-order chi connectivity index (χ0) is 10.8. The summed E-state index contributed by atoms with van der Waals surface area (Å²) in [6.45, 7) is 4.48. The topological polar surface area (TPSA) is 55.5 Å². The third-order valence-electron chi connectivity index (χ3n) is 2.44. The van der Waals surface area contributed by atoms with Crippen molar-refractivity contribution in [1.82, 2.24) is 0 Å². The van der Waals surface area contributed by atoms with Gasteiger partial charge in [0.15, 0.2) is 0 Å². The summed E-state index contributed by atoms with van der Waals surface area (Å²) in [7, 11) is 1.57. The van der Waals surface area contributed by atoms with E-state index in [1.807, 2.05) is 26.0 Å². The van der Waals surface area contributed by atoms with Crippen LogP contribution in [0.15, 0.2) is 18.2 Å². The highest BCUT2D eigenvalue weighted by molar-refractivity contribution is 5.43. The maximum Gasteiger partial charge on any atom is 0.123 e. The smallest absolute Gasteiger partial charge is 0.123 e. The summed E-state index contributed by atoms with van der Waals surface area (Å²) >= 11 is 0. The minimum Gasteiger partial charge on any atom is -0.508 e. The zero-order valence-electron chi connectivity index (χ0n) is 8.87. The highest BCUT2D eigenvalue weighted by Crippen LogP contribution is 2.32. The van der Waals surface area contributed by atoms with Gasteiger partial charge in [0, 0.05) is 23.6 Å². The Bertz CT molecular complexity index is 321. The molecule has 0 aliphatic heterocycles. The number of hydrogen-bond acceptors (Lipinski definition) is 3. The number of phenols is 1. The summed E-state index contributed by atoms with van der Waals surface area (Å²) in [5, 5.41) is 9.75. The Balaban J connectivity index is 3.12. The standard InChI is InChI=1S/C11H17NO2/c1-11(2,7-12)9-5-4-8(14-3)6-10(9)13/h4-6,13H,7,12H2,1-3H3. The lowest BCUT2D eigenvalue weighted by Crippen LogP contribution is -2.28. The average molecular weight is 195 g/mol. The molecule has 3 N–H and O–H groups in total. The van der Waals surface area contributed by atoms with Crippen molar-refractivity contribution in [2.75, 3.05) is 13.7 Å². The first-order chi connectivity index (χ1) is 6.51. The summed E-state index contributed by atoms with van der Waals surface area (Å²) < 4.78 is 5.01. The first-order valence-electron chi connectivity index (χ1n) is 4.59. The van der Waals surface area contributed by atoms with Crippen LogP contribution in [-0.2, 0) is 5.41 Å². The molecule has 0 aromatic heterocycles. The van der Waals surface area contributed by atoms with Crippen molar-refractivity contribution in [3.8, 4) is 11.5 Å². The minimum atomic E-state index is -0.212. The summed E-state index contributed by atoms with van der Waals surface area (Å²) in [5.41, 5.74) is 6.27. The number of hydrogen-bond donors (Lipinski definition) is 2. The molecule has 0 bridgehead atoms. The van der Waals surface area contributed by atoms with Crippen LogP contribution in [0.1, 0.15) is 19.4 Å². The molecule has 0 radical (unpaired) electrons. The van der Waals surface area contributed by atoms with E-state index in [2.05, 4.69) is 0 Å². The van der Waals surface area contributed by atoms with Gasteiger partial charge in [0.25, 0.3) is 0 Å². The van der Waals surface area contributed by atoms with Gasteiger partial charge in [-0.1, -0.05) is 19.9 Å². The number of ether oxygens (including phenoxy) is 1. The molecule has 0 saturated heterocycles. The van der Waals surface area contributed by atoms with E-state index in [-0.39, 0.29) is 11.2 Å². The largest absolute Gasteiger partial charge is 0.508 e. The van der Waals surface area contributed by atoms with Gasteiger partial charge in [-0.25, -0.2) is 0 Å². The lowest BCUT2D eigenvalue weighted by molar-refractivity contribution is 0.400. The second kappa shape index (κ2) is 3.88. The molecule has 0 spiro atoms. The van der Waals surface area contributed by atoms with Gasteiger partial charge in [-0.05, 0) is 6.07 Å². The zero-order valence-corrected chi connectivity index (χ0v) is 8.87. The molecule has 0 saturated carbocycles. The molecule has 0 amide bonds. The van der Waals surface area contributed by atoms with Crippen LogP contribution in [-0.4, -0.2) is 18.8 Å². The average Bonchev–Trinajstić information content (AvgIpc) is 2.17. The van der Waals surface area contributed by atoms with E-state index in [0.29, 0.717) is 12.3 Å². The molecule has 0 heterocycles. The SMILES string of the molecule is COc1ccc(C(C)(C)CN)c(O)c1. The van der Waals surface area contributed by atoms with Crippen LogP contribution in [0, 0.1) is 0 Å². The summed E-state index contributed by atoms with van der Waals surface area (Å²) in [4.78, 5) is 0. The molecule has 0 fully saturated rings. The van der Waals surface area contributed by atoms with E-state index in [1.165, 1.54) is 0 Å². The molecule has 0 atom stereocenters. The number of nitrogens with two attached hydrogens (primary N) is 1. The molecule has 0 unspecified atom stereocenters. The van der Waals surface area contributed by atoms with Crippen LogP contribution in [0.4, 0.5) is 0 Å². The van der Waals surface area contributed by atoms with Gasteiger partial charge in [-0.2, -0.15) is 0 Å². The molecule has 0 aliphatic carbocycles. The second-order valence-corrected chi connectivity index (χ2v) is 3.97. The van der Waals surface area contributed by atoms with Gasteiger partial charge in [0.1, 0.15) is 11.5 Å². The van der Waals surface area contributed by atoms with Crippen molar-refractivity contribution in [3.05, 3.63) is 23.8 Å². The Kier molecular flexibility index (Phi) is 3.01. The first-order valence-corrected chi connectivity index (χ1v) is 4.59. The number of methoxy groups -OCH3 is 1. The number of benzene rings is 1. The molecule has 0 aliphatic rings. The van der Waals surface area contributed by atoms with E-state index < -0.39 is 0 Å². The molecule has 1 aromatic rings. The molecule has 1 aromatic carbocycles. The van der Waals surface area contributed by atoms with Crippen LogP contribution in [0.3, 0.4) is 0 Å². The maximum atomic E-state index is 9.75. The monoisotopic (exact) mass is 195 g/mol. The number of phenolic OH excluding ortho intramolecular Hbond substituents is 1. The first kappa shape index (κ1) is 10.9. The van der Waals surface area contributed by atoms with Crippen molar-refractivity contribution in [2.24, 2.45) is 5.73 Å². The van der Waals surface area contributed by atoms with E-state index in [9.17, 15) is 5.11 Å². The van der Waals surface area contributed by atoms with Crippen molar-refractivity contribution in [2.45, 2.75) is 19.3 Å². The molecule has 3 nitrogen and oxygen atoms in total. The van der Waals surface area contributed by atoms with Crippen LogP contribution < -0.4 is 10.5 Å². The maximum absolute atomic E-state index is 9.75. The Hall–Kier alpha value is -1.22. The van der Waals surface area contributed by atoms with Gasteiger partial charge in [0.2, 0.25) is 0 Å². The molecular weight excluding hydrogens is 178 g/mol. The minimum absolute atomic E-state index is 0.212. The van der Waals surface area contributed by atoms with Gasteiger partial charge in [0.05, 0.1) is 7.11 Å². The quantitative estimate of drug-likeness (QED) is 0.770. The number of aromatic hydroxyl groups is 1. The van der Waals surface area contributed by atoms with E-state index in [4.69, 9.17) is 10.5 Å². The predicted octanol–water partition coefficient (Wildman–Crippen LogP) is 1.64. The van der Waals surface area contributed by atoms with Crippen LogP contribution in [0.2, 0.25) is 0 Å². The Labute approximate surface area is 84.5 Å². The van der Waals surface area contributed by atoms with Gasteiger partial charge >= 0.3 is 0 Å². The fraction of sp³-hybridized carbons (Fsp3) is 0.455. The van der Waals surface area contributed by atoms with Gasteiger partial charge in [-0.15, -0.1) is 0 Å². The Morgan fingerprint density at radius 3 is 2.50 bits per heavy atom. The summed E-state index contributed by atoms with van der Waals surface area (Å²) in [6.07, 6.45) is 0. The van der Waals surface area contributed by atoms with E-state index in [0.717, 1.165) is 5.56 Å². The van der Waals surface area contributed by atoms with Crippen LogP contribution in [0.5, 0.6) is 11.5 Å². The van der Waals surface area contributed by atoms with E-state index in [1.54, 1.807) is 13.2 Å². The predicted molar refractivity (Wildman–Crippen MR) is 56.7 cm³/mol. The van der Waals surface area contributed by atoms with Crippen molar-refractivity contribution >= 4 is 0 Å². The van der Waals surface area contributed by atoms with Crippen LogP contribution >= 0.6 is 0 Å². The molecular formula is C11H17NO2. The normalized spacial score (nSPS) is 11.4. The van der Waals surface area contributed by atoms with Crippen molar-refractivity contribution < 1.29 is 9.84 Å². The lowest BCUT2D eigenvalue weighted by atomic mass is 9.84. The molecule has 3 heteroatoms. The van der Waals surface area contributed by atoms with E-state index >= 15 is 0 Å². The fourth-order valence-corrected chi connectivity index (χ4v) is 1.32. The van der Waals surface area contributed by atoms with Crippen molar-refractivity contribution in [3.63, 3.8) is 0 Å². The highest BCUT2D eigenvalue weighted by Gasteiger charge is 2.22. The molecule has 1 rings (SSSR count). The second-order valence-electron chi connectivity index (χ2n) is 3.97. The van der Waals surface area contributed by atoms with Gasteiger partial charge in [-0.3, -0.25) is 0 Å². The third-order valence-corrected chi connectivity index (χ3v) is 2.44. The Morgan fingerprint density at radius 2 is 2.07 bits per heavy atom. The van der Waals surface area contributed by atoms with Crippen LogP contribution in [0.25, 0.3) is 0 Å². The Morgan fingerprint density at radius 1 is 1.43 bits per heavy atom. The number of rotatable bonds is 3. The molecule has 14 heavy (non-hydrogen) atoms. The van der Waals surface area contributed by atoms with Crippen molar-refractivity contribution in [1.29, 1.82) is 0 Å².